The van der Waals surface area contributed by atoms with E-state index in [9.17, 15) is 4.79 Å². The maximum Gasteiger partial charge on any atom is 0.253 e. The molecule has 2 aromatic heterocycles. The lowest BCUT2D eigenvalue weighted by molar-refractivity contribution is -0.118. The second-order valence-electron chi connectivity index (χ2n) is 6.41. The predicted octanol–water partition coefficient (Wildman–Crippen LogP) is 3.13. The van der Waals surface area contributed by atoms with Crippen LogP contribution in [0.15, 0.2) is 60.1 Å². The number of carbonyl (C=O) groups is 1. The number of fused-ring (bicyclic) bond motifs is 1. The van der Waals surface area contributed by atoms with Crippen molar-refractivity contribution in [3.8, 4) is 0 Å². The summed E-state index contributed by atoms with van der Waals surface area (Å²) in [7, 11) is 0. The lowest BCUT2D eigenvalue weighted by Gasteiger charge is -2.21. The molecular formula is C18H22N4O. The molecule has 0 bridgehead atoms. The van der Waals surface area contributed by atoms with Crippen LogP contribution in [-0.2, 0) is 4.79 Å². The molecule has 120 valence electrons. The summed E-state index contributed by atoms with van der Waals surface area (Å²) in [5.74, 6) is -0.270. The molecule has 5 heteroatoms. The summed E-state index contributed by atoms with van der Waals surface area (Å²) in [6.45, 7) is 15.2. The predicted molar refractivity (Wildman–Crippen MR) is 93.6 cm³/mol. The Morgan fingerprint density at radius 3 is 2.65 bits per heavy atom. The van der Waals surface area contributed by atoms with Crippen LogP contribution in [0.1, 0.15) is 33.4 Å². The topological polar surface area (TPSA) is 58.8 Å². The van der Waals surface area contributed by atoms with E-state index in [0.717, 1.165) is 11.2 Å². The number of aliphatic imine (C=N–C) groups is 1. The van der Waals surface area contributed by atoms with Crippen molar-refractivity contribution >= 4 is 17.1 Å². The minimum absolute atomic E-state index is 0.253. The largest absolute Gasteiger partial charge is 0.347 e. The zero-order chi connectivity index (χ0) is 17.2. The minimum Gasteiger partial charge on any atom is -0.347 e. The van der Waals surface area contributed by atoms with Gasteiger partial charge in [-0.3, -0.25) is 9.79 Å². The summed E-state index contributed by atoms with van der Waals surface area (Å²) in [6, 6.07) is 5.84. The molecule has 0 fully saturated rings. The molecule has 0 aliphatic carbocycles. The number of aromatic nitrogens is 2. The highest BCUT2D eigenvalue weighted by atomic mass is 16.1. The average Bonchev–Trinajstić information content (AvgIpc) is 2.88. The zero-order valence-electron chi connectivity index (χ0n) is 14.1. The normalized spacial score (nSPS) is 12.3. The standard InChI is InChI=1S/C18H22N4O/c1-12(17(23)21-18(4,5)6)13(2)20-14(3)16-15-9-7-8-10-22(15)11-19-16/h7-11H,1-2H2,3-6H3,(H,21,23). The molecule has 0 atom stereocenters. The maximum absolute atomic E-state index is 12.1. The third kappa shape index (κ3) is 3.94. The fourth-order valence-electron chi connectivity index (χ4n) is 2.09. The van der Waals surface area contributed by atoms with Gasteiger partial charge >= 0.3 is 0 Å². The Labute approximate surface area is 136 Å². The van der Waals surface area contributed by atoms with Gasteiger partial charge < -0.3 is 9.72 Å². The molecule has 2 aromatic rings. The van der Waals surface area contributed by atoms with Crippen LogP contribution >= 0.6 is 0 Å². The molecule has 0 radical (unpaired) electrons. The van der Waals surface area contributed by atoms with Gasteiger partial charge in [0.2, 0.25) is 0 Å². The molecular weight excluding hydrogens is 288 g/mol. The Kier molecular flexibility index (Phi) is 4.50. The first-order valence-electron chi connectivity index (χ1n) is 7.37. The van der Waals surface area contributed by atoms with Gasteiger partial charge in [-0.25, -0.2) is 4.98 Å². The highest BCUT2D eigenvalue weighted by Crippen LogP contribution is 2.15. The van der Waals surface area contributed by atoms with Gasteiger partial charge in [0.15, 0.2) is 0 Å². The van der Waals surface area contributed by atoms with Gasteiger partial charge in [0.1, 0.15) is 5.69 Å². The van der Waals surface area contributed by atoms with Crippen LogP contribution in [0.5, 0.6) is 0 Å². The first-order valence-corrected chi connectivity index (χ1v) is 7.37. The highest BCUT2D eigenvalue weighted by Gasteiger charge is 2.18. The molecule has 5 nitrogen and oxygen atoms in total. The Hall–Kier alpha value is -2.69. The summed E-state index contributed by atoms with van der Waals surface area (Å²) in [5.41, 5.74) is 2.65. The number of pyridine rings is 1. The minimum atomic E-state index is -0.334. The fraction of sp³-hybridized carbons (Fsp3) is 0.278. The summed E-state index contributed by atoms with van der Waals surface area (Å²) in [4.78, 5) is 20.9. The van der Waals surface area contributed by atoms with Crippen molar-refractivity contribution in [3.63, 3.8) is 0 Å². The number of rotatable bonds is 4. The number of amides is 1. The van der Waals surface area contributed by atoms with Crippen LogP contribution in [-0.4, -0.2) is 26.5 Å². The number of nitrogens with zero attached hydrogens (tertiary/aromatic N) is 3. The molecule has 0 saturated heterocycles. The van der Waals surface area contributed by atoms with Gasteiger partial charge in [-0.1, -0.05) is 19.2 Å². The third-order valence-electron chi connectivity index (χ3n) is 3.20. The van der Waals surface area contributed by atoms with Crippen LogP contribution in [0.3, 0.4) is 0 Å². The van der Waals surface area contributed by atoms with E-state index in [1.54, 1.807) is 6.33 Å². The van der Waals surface area contributed by atoms with E-state index < -0.39 is 0 Å². The molecule has 0 aromatic carbocycles. The van der Waals surface area contributed by atoms with E-state index in [-0.39, 0.29) is 17.0 Å². The first kappa shape index (κ1) is 16.7. The molecule has 23 heavy (non-hydrogen) atoms. The lowest BCUT2D eigenvalue weighted by Crippen LogP contribution is -2.41. The van der Waals surface area contributed by atoms with Gasteiger partial charge in [-0.05, 0) is 39.8 Å². The summed E-state index contributed by atoms with van der Waals surface area (Å²) < 4.78 is 1.91. The Morgan fingerprint density at radius 2 is 2.00 bits per heavy atom. The van der Waals surface area contributed by atoms with Crippen molar-refractivity contribution in [1.82, 2.24) is 14.7 Å². The molecule has 0 spiro atoms. The van der Waals surface area contributed by atoms with E-state index >= 15 is 0 Å². The van der Waals surface area contributed by atoms with Crippen molar-refractivity contribution < 1.29 is 4.79 Å². The molecule has 2 rings (SSSR count). The smallest absolute Gasteiger partial charge is 0.253 e. The van der Waals surface area contributed by atoms with Crippen molar-refractivity contribution in [1.29, 1.82) is 0 Å². The van der Waals surface area contributed by atoms with Crippen molar-refractivity contribution in [2.45, 2.75) is 33.2 Å². The molecule has 0 aliphatic heterocycles. The van der Waals surface area contributed by atoms with Gasteiger partial charge in [-0.15, -0.1) is 0 Å². The van der Waals surface area contributed by atoms with Gasteiger partial charge in [0, 0.05) is 11.7 Å². The van der Waals surface area contributed by atoms with Crippen LogP contribution < -0.4 is 5.32 Å². The van der Waals surface area contributed by atoms with Crippen molar-refractivity contribution in [3.05, 3.63) is 60.8 Å². The average molecular weight is 310 g/mol. The number of hydrogen-bond acceptors (Lipinski definition) is 3. The van der Waals surface area contributed by atoms with Gasteiger partial charge in [-0.2, -0.15) is 0 Å². The second-order valence-corrected chi connectivity index (χ2v) is 6.41. The molecule has 0 saturated carbocycles. The summed E-state index contributed by atoms with van der Waals surface area (Å²) >= 11 is 0. The quantitative estimate of drug-likeness (QED) is 0.536. The third-order valence-corrected chi connectivity index (χ3v) is 3.20. The molecule has 1 N–H and O–H groups in total. The van der Waals surface area contributed by atoms with E-state index in [4.69, 9.17) is 0 Å². The first-order chi connectivity index (χ1) is 10.7. The Morgan fingerprint density at radius 1 is 1.30 bits per heavy atom. The number of nitrogens with one attached hydrogen (secondary N) is 1. The van der Waals surface area contributed by atoms with Gasteiger partial charge in [0.25, 0.3) is 5.91 Å². The fourth-order valence-corrected chi connectivity index (χ4v) is 2.09. The van der Waals surface area contributed by atoms with E-state index in [0.29, 0.717) is 11.4 Å². The van der Waals surface area contributed by atoms with E-state index in [2.05, 4.69) is 28.5 Å². The lowest BCUT2D eigenvalue weighted by atomic mass is 10.1. The Balaban J connectivity index is 2.22. The molecule has 0 unspecified atom stereocenters. The molecule has 1 amide bonds. The van der Waals surface area contributed by atoms with Crippen LogP contribution in [0, 0.1) is 0 Å². The maximum atomic E-state index is 12.1. The number of hydrogen-bond donors (Lipinski definition) is 1. The monoisotopic (exact) mass is 310 g/mol. The summed E-state index contributed by atoms with van der Waals surface area (Å²) in [6.07, 6.45) is 3.65. The Bertz CT molecular complexity index is 806. The van der Waals surface area contributed by atoms with Gasteiger partial charge in [0.05, 0.1) is 28.8 Å². The van der Waals surface area contributed by atoms with Crippen molar-refractivity contribution in [2.24, 2.45) is 4.99 Å². The number of imidazole rings is 1. The second kappa shape index (κ2) is 6.20. The zero-order valence-corrected chi connectivity index (χ0v) is 14.1. The van der Waals surface area contributed by atoms with Crippen LogP contribution in [0.25, 0.3) is 5.52 Å². The highest BCUT2D eigenvalue weighted by molar-refractivity contribution is 6.05. The molecule has 0 aliphatic rings. The summed E-state index contributed by atoms with van der Waals surface area (Å²) in [5, 5.41) is 2.85. The number of carbonyl (C=O) groups excluding carboxylic acids is 1. The van der Waals surface area contributed by atoms with Crippen LogP contribution in [0.2, 0.25) is 0 Å². The van der Waals surface area contributed by atoms with Crippen molar-refractivity contribution in [2.75, 3.05) is 0 Å². The molecule has 2 heterocycles. The van der Waals surface area contributed by atoms with E-state index in [1.807, 2.05) is 56.5 Å². The SMILES string of the molecule is C=C(N=C(C)c1ncn2ccccc12)C(=C)C(=O)NC(C)(C)C. The van der Waals surface area contributed by atoms with Crippen LogP contribution in [0.4, 0.5) is 0 Å². The van der Waals surface area contributed by atoms with E-state index in [1.165, 1.54) is 0 Å².